The van der Waals surface area contributed by atoms with E-state index in [1.807, 2.05) is 0 Å². The van der Waals surface area contributed by atoms with Gasteiger partial charge in [-0.2, -0.15) is 0 Å². The summed E-state index contributed by atoms with van der Waals surface area (Å²) in [4.78, 5) is 38.4. The Kier molecular flexibility index (Phi) is 5.67. The minimum absolute atomic E-state index is 0.0167. The highest BCUT2D eigenvalue weighted by atomic mass is 19.1. The van der Waals surface area contributed by atoms with Gasteiger partial charge in [0.2, 0.25) is 11.8 Å². The second-order valence-corrected chi connectivity index (χ2v) is 6.23. The highest BCUT2D eigenvalue weighted by molar-refractivity contribution is 6.07. The number of rotatable bonds is 5. The van der Waals surface area contributed by atoms with Crippen LogP contribution >= 0.6 is 0 Å². The molecule has 1 saturated heterocycles. The number of para-hydroxylation sites is 2. The van der Waals surface area contributed by atoms with Crippen molar-refractivity contribution in [1.29, 1.82) is 0 Å². The van der Waals surface area contributed by atoms with E-state index in [1.54, 1.807) is 25.1 Å². The first-order valence-corrected chi connectivity index (χ1v) is 8.73. The van der Waals surface area contributed by atoms with Gasteiger partial charge < -0.3 is 15.0 Å². The molecular formula is C20H18F2N2O4. The van der Waals surface area contributed by atoms with E-state index in [0.717, 1.165) is 12.1 Å². The molecule has 28 heavy (non-hydrogen) atoms. The molecule has 8 heteroatoms. The fourth-order valence-electron chi connectivity index (χ4n) is 3.05. The largest absolute Gasteiger partial charge is 0.462 e. The van der Waals surface area contributed by atoms with Gasteiger partial charge in [-0.1, -0.05) is 18.2 Å². The maximum Gasteiger partial charge on any atom is 0.340 e. The van der Waals surface area contributed by atoms with E-state index in [-0.39, 0.29) is 31.0 Å². The van der Waals surface area contributed by atoms with Gasteiger partial charge in [0.1, 0.15) is 17.3 Å². The molecule has 0 bridgehead atoms. The average Bonchev–Trinajstić information content (AvgIpc) is 3.06. The Morgan fingerprint density at radius 2 is 1.82 bits per heavy atom. The minimum Gasteiger partial charge on any atom is -0.462 e. The Hall–Kier alpha value is -3.29. The molecule has 1 aliphatic rings. The number of nitrogens with zero attached hydrogens (tertiary/aromatic N) is 1. The van der Waals surface area contributed by atoms with E-state index in [1.165, 1.54) is 17.0 Å². The maximum absolute atomic E-state index is 13.7. The molecule has 6 nitrogen and oxygen atoms in total. The number of amides is 2. The number of carbonyl (C=O) groups is 3. The van der Waals surface area contributed by atoms with E-state index in [2.05, 4.69) is 5.32 Å². The molecule has 0 aromatic heterocycles. The lowest BCUT2D eigenvalue weighted by Crippen LogP contribution is -2.29. The number of ether oxygens (including phenoxy) is 1. The molecule has 0 aliphatic carbocycles. The smallest absolute Gasteiger partial charge is 0.340 e. The van der Waals surface area contributed by atoms with Crippen molar-refractivity contribution in [2.24, 2.45) is 5.92 Å². The zero-order valence-electron chi connectivity index (χ0n) is 15.1. The zero-order chi connectivity index (χ0) is 20.3. The normalized spacial score (nSPS) is 16.2. The molecular weight excluding hydrogens is 370 g/mol. The summed E-state index contributed by atoms with van der Waals surface area (Å²) in [6.45, 7) is 1.83. The Balaban J connectivity index is 1.79. The Morgan fingerprint density at radius 1 is 1.14 bits per heavy atom. The van der Waals surface area contributed by atoms with Crippen molar-refractivity contribution in [1.82, 2.24) is 0 Å². The molecule has 2 amide bonds. The van der Waals surface area contributed by atoms with Crippen molar-refractivity contribution < 1.29 is 27.9 Å². The molecule has 146 valence electrons. The molecule has 3 rings (SSSR count). The highest BCUT2D eigenvalue weighted by Crippen LogP contribution is 2.30. The lowest BCUT2D eigenvalue weighted by Gasteiger charge is -2.19. The zero-order valence-corrected chi connectivity index (χ0v) is 15.1. The first-order valence-electron chi connectivity index (χ1n) is 8.73. The molecule has 1 fully saturated rings. The SMILES string of the molecule is CCOC(=O)c1ccccc1N1CC(C(=O)Nc2c(F)cccc2F)CC1=O. The van der Waals surface area contributed by atoms with Crippen molar-refractivity contribution in [2.45, 2.75) is 13.3 Å². The fraction of sp³-hybridized carbons (Fsp3) is 0.250. The van der Waals surface area contributed by atoms with Crippen LogP contribution in [0.3, 0.4) is 0 Å². The van der Waals surface area contributed by atoms with Gasteiger partial charge in [0.25, 0.3) is 0 Å². The Labute approximate surface area is 160 Å². The summed E-state index contributed by atoms with van der Waals surface area (Å²) < 4.78 is 32.5. The van der Waals surface area contributed by atoms with Crippen LogP contribution in [0.4, 0.5) is 20.2 Å². The highest BCUT2D eigenvalue weighted by Gasteiger charge is 2.37. The summed E-state index contributed by atoms with van der Waals surface area (Å²) in [5.41, 5.74) is -0.0115. The van der Waals surface area contributed by atoms with Crippen molar-refractivity contribution in [2.75, 3.05) is 23.4 Å². The molecule has 2 aromatic carbocycles. The van der Waals surface area contributed by atoms with Crippen LogP contribution in [0.15, 0.2) is 42.5 Å². The molecule has 1 unspecified atom stereocenters. The molecule has 1 aliphatic heterocycles. The topological polar surface area (TPSA) is 75.7 Å². The van der Waals surface area contributed by atoms with Gasteiger partial charge in [-0.05, 0) is 31.2 Å². The second-order valence-electron chi connectivity index (χ2n) is 6.23. The summed E-state index contributed by atoms with van der Waals surface area (Å²) in [7, 11) is 0. The molecule has 0 saturated carbocycles. The number of halogens is 2. The predicted octanol–water partition coefficient (Wildman–Crippen LogP) is 3.13. The lowest BCUT2D eigenvalue weighted by molar-refractivity contribution is -0.122. The molecule has 0 radical (unpaired) electrons. The summed E-state index contributed by atoms with van der Waals surface area (Å²) in [5.74, 6) is -4.24. The number of carbonyl (C=O) groups excluding carboxylic acids is 3. The van der Waals surface area contributed by atoms with Gasteiger partial charge in [-0.3, -0.25) is 9.59 Å². The summed E-state index contributed by atoms with van der Waals surface area (Å²) in [6, 6.07) is 9.66. The molecule has 1 N–H and O–H groups in total. The van der Waals surface area contributed by atoms with Crippen LogP contribution in [0, 0.1) is 17.6 Å². The number of hydrogen-bond acceptors (Lipinski definition) is 4. The van der Waals surface area contributed by atoms with Crippen molar-refractivity contribution >= 4 is 29.2 Å². The molecule has 0 spiro atoms. The Morgan fingerprint density at radius 3 is 2.50 bits per heavy atom. The predicted molar refractivity (Wildman–Crippen MR) is 97.8 cm³/mol. The van der Waals surface area contributed by atoms with Crippen LogP contribution in [0.2, 0.25) is 0 Å². The van der Waals surface area contributed by atoms with Gasteiger partial charge in [0.05, 0.1) is 23.8 Å². The quantitative estimate of drug-likeness (QED) is 0.799. The number of hydrogen-bond donors (Lipinski definition) is 1. The lowest BCUT2D eigenvalue weighted by atomic mass is 10.1. The second kappa shape index (κ2) is 8.16. The van der Waals surface area contributed by atoms with Gasteiger partial charge in [-0.15, -0.1) is 0 Å². The van der Waals surface area contributed by atoms with Crippen molar-refractivity contribution in [3.05, 3.63) is 59.7 Å². The minimum atomic E-state index is -0.901. The third kappa shape index (κ3) is 3.85. The Bertz CT molecular complexity index is 912. The van der Waals surface area contributed by atoms with Gasteiger partial charge in [-0.25, -0.2) is 13.6 Å². The maximum atomic E-state index is 13.7. The first-order chi connectivity index (χ1) is 13.4. The van der Waals surface area contributed by atoms with Crippen molar-refractivity contribution in [3.63, 3.8) is 0 Å². The van der Waals surface area contributed by atoms with Gasteiger partial charge in [0.15, 0.2) is 0 Å². The van der Waals surface area contributed by atoms with Gasteiger partial charge in [0, 0.05) is 13.0 Å². The summed E-state index contributed by atoms with van der Waals surface area (Å²) in [5, 5.41) is 2.21. The van der Waals surface area contributed by atoms with Crippen LogP contribution in [0.25, 0.3) is 0 Å². The van der Waals surface area contributed by atoms with E-state index in [0.29, 0.717) is 5.69 Å². The van der Waals surface area contributed by atoms with Crippen LogP contribution in [-0.2, 0) is 14.3 Å². The summed E-state index contributed by atoms with van der Waals surface area (Å²) in [6.07, 6.45) is -0.140. The molecule has 1 atom stereocenters. The van der Waals surface area contributed by atoms with E-state index in [4.69, 9.17) is 4.74 Å². The number of nitrogens with one attached hydrogen (secondary N) is 1. The van der Waals surface area contributed by atoms with Crippen LogP contribution in [0.1, 0.15) is 23.7 Å². The van der Waals surface area contributed by atoms with Crippen LogP contribution in [-0.4, -0.2) is 30.9 Å². The van der Waals surface area contributed by atoms with Crippen LogP contribution < -0.4 is 10.2 Å². The first kappa shape index (κ1) is 19.5. The standard InChI is InChI=1S/C20H18F2N2O4/c1-2-28-20(27)13-6-3-4-9-16(13)24-11-12(10-17(24)25)19(26)23-18-14(21)7-5-8-15(18)22/h3-9,12H,2,10-11H2,1H3,(H,23,26). The molecule has 1 heterocycles. The molecule has 2 aromatic rings. The monoisotopic (exact) mass is 388 g/mol. The van der Waals surface area contributed by atoms with Crippen LogP contribution in [0.5, 0.6) is 0 Å². The van der Waals surface area contributed by atoms with Gasteiger partial charge >= 0.3 is 5.97 Å². The van der Waals surface area contributed by atoms with E-state index >= 15 is 0 Å². The fourth-order valence-corrected chi connectivity index (χ4v) is 3.05. The van der Waals surface area contributed by atoms with Crippen molar-refractivity contribution in [3.8, 4) is 0 Å². The third-order valence-corrected chi connectivity index (χ3v) is 4.40. The summed E-state index contributed by atoms with van der Waals surface area (Å²) >= 11 is 0. The number of benzene rings is 2. The van der Waals surface area contributed by atoms with E-state index in [9.17, 15) is 23.2 Å². The van der Waals surface area contributed by atoms with E-state index < -0.39 is 35.1 Å². The average molecular weight is 388 g/mol. The number of anilines is 2. The third-order valence-electron chi connectivity index (χ3n) is 4.40. The number of esters is 1.